The molecule has 1 aliphatic heterocycles. The van der Waals surface area contributed by atoms with Gasteiger partial charge < -0.3 is 24.6 Å². The summed E-state index contributed by atoms with van der Waals surface area (Å²) in [6.45, 7) is 2.83. The van der Waals surface area contributed by atoms with Crippen LogP contribution in [0, 0.1) is 0 Å². The molecule has 0 spiro atoms. The van der Waals surface area contributed by atoms with Gasteiger partial charge in [-0.05, 0) is 30.3 Å². The van der Waals surface area contributed by atoms with Crippen LogP contribution >= 0.6 is 0 Å². The van der Waals surface area contributed by atoms with Gasteiger partial charge in [0.1, 0.15) is 18.0 Å². The van der Waals surface area contributed by atoms with E-state index in [-0.39, 0.29) is 18.0 Å². The molecular weight excluding hydrogens is 426 g/mol. The van der Waals surface area contributed by atoms with E-state index in [2.05, 4.69) is 19.9 Å². The maximum absolute atomic E-state index is 12.7. The van der Waals surface area contributed by atoms with E-state index in [1.807, 2.05) is 30.3 Å². The van der Waals surface area contributed by atoms with Crippen LogP contribution in [0.4, 0.5) is 0 Å². The molecule has 1 aliphatic rings. The Bertz CT molecular complexity index is 1150. The van der Waals surface area contributed by atoms with E-state index in [1.54, 1.807) is 18.2 Å². The van der Waals surface area contributed by atoms with Crippen molar-refractivity contribution >= 4 is 22.6 Å². The number of morpholine rings is 1. The van der Waals surface area contributed by atoms with Gasteiger partial charge in [0.2, 0.25) is 0 Å². The van der Waals surface area contributed by atoms with Crippen molar-refractivity contribution in [3.8, 4) is 17.2 Å². The first-order chi connectivity index (χ1) is 16.0. The van der Waals surface area contributed by atoms with Crippen LogP contribution in [0.15, 0.2) is 48.5 Å². The Hall–Kier alpha value is -3.69. The molecule has 2 N–H and O–H groups in total. The molecule has 9 heteroatoms. The van der Waals surface area contributed by atoms with Crippen LogP contribution in [0.25, 0.3) is 10.8 Å². The third-order valence-electron chi connectivity index (χ3n) is 5.32. The first-order valence-corrected chi connectivity index (χ1v) is 10.6. The lowest BCUT2D eigenvalue weighted by Gasteiger charge is -2.27. The molecule has 0 atom stereocenters. The predicted molar refractivity (Wildman–Crippen MR) is 120 cm³/mol. The van der Waals surface area contributed by atoms with Crippen LogP contribution in [0.1, 0.15) is 16.2 Å². The average Bonchev–Trinajstić information content (AvgIpc) is 2.85. The lowest BCUT2D eigenvalue weighted by molar-refractivity contribution is -0.139. The minimum atomic E-state index is -0.660. The van der Waals surface area contributed by atoms with Gasteiger partial charge in [-0.1, -0.05) is 18.2 Å². The number of aromatic hydroxyl groups is 1. The fraction of sp³-hybridized carbons (Fsp3) is 0.292. The number of carbonyl (C=O) groups excluding carboxylic acids is 2. The topological polar surface area (TPSA) is 110 Å². The summed E-state index contributed by atoms with van der Waals surface area (Å²) in [5.41, 5.74) is 0.470. The second-order valence-corrected chi connectivity index (χ2v) is 7.53. The number of aromatic nitrogens is 1. The normalized spacial score (nSPS) is 14.1. The zero-order valence-corrected chi connectivity index (χ0v) is 18.2. The molecule has 1 fully saturated rings. The molecule has 3 aromatic rings. The summed E-state index contributed by atoms with van der Waals surface area (Å²) in [5.74, 6) is -0.250. The molecule has 0 aliphatic carbocycles. The quantitative estimate of drug-likeness (QED) is 0.527. The SMILES string of the molecule is COC(=O)CNC(=O)c1nc(CN2CCOCC2)c2cc(Oc3ccccc3)ccc2c1O. The summed E-state index contributed by atoms with van der Waals surface area (Å²) >= 11 is 0. The molecular formula is C24H25N3O6. The first kappa shape index (κ1) is 22.5. The summed E-state index contributed by atoms with van der Waals surface area (Å²) in [5, 5.41) is 14.4. The van der Waals surface area contributed by atoms with Crippen LogP contribution in [0.2, 0.25) is 0 Å². The fourth-order valence-corrected chi connectivity index (χ4v) is 3.59. The molecule has 0 bridgehead atoms. The third kappa shape index (κ3) is 5.39. The third-order valence-corrected chi connectivity index (χ3v) is 5.32. The Balaban J connectivity index is 1.71. The van der Waals surface area contributed by atoms with Gasteiger partial charge in [-0.2, -0.15) is 0 Å². The van der Waals surface area contributed by atoms with Crippen molar-refractivity contribution in [2.75, 3.05) is 40.0 Å². The van der Waals surface area contributed by atoms with E-state index in [1.165, 1.54) is 7.11 Å². The largest absolute Gasteiger partial charge is 0.505 e. The Morgan fingerprint density at radius 2 is 1.85 bits per heavy atom. The van der Waals surface area contributed by atoms with Gasteiger partial charge >= 0.3 is 5.97 Å². The van der Waals surface area contributed by atoms with Crippen molar-refractivity contribution in [2.24, 2.45) is 0 Å². The molecule has 2 heterocycles. The van der Waals surface area contributed by atoms with Crippen LogP contribution in [0.3, 0.4) is 0 Å². The van der Waals surface area contributed by atoms with Crippen molar-refractivity contribution in [3.63, 3.8) is 0 Å². The number of benzene rings is 2. The summed E-state index contributed by atoms with van der Waals surface area (Å²) in [6.07, 6.45) is 0. The van der Waals surface area contributed by atoms with Crippen LogP contribution < -0.4 is 10.1 Å². The number of esters is 1. The molecule has 0 saturated carbocycles. The van der Waals surface area contributed by atoms with Crippen molar-refractivity contribution in [1.29, 1.82) is 0 Å². The highest BCUT2D eigenvalue weighted by Crippen LogP contribution is 2.34. The maximum atomic E-state index is 12.7. The van der Waals surface area contributed by atoms with E-state index >= 15 is 0 Å². The van der Waals surface area contributed by atoms with Crippen molar-refractivity contribution < 1.29 is 28.9 Å². The molecule has 1 aromatic heterocycles. The van der Waals surface area contributed by atoms with Gasteiger partial charge in [-0.3, -0.25) is 14.5 Å². The lowest BCUT2D eigenvalue weighted by Crippen LogP contribution is -2.36. The van der Waals surface area contributed by atoms with Crippen LogP contribution in [0.5, 0.6) is 17.2 Å². The number of fused-ring (bicyclic) bond motifs is 1. The zero-order chi connectivity index (χ0) is 23.2. The lowest BCUT2D eigenvalue weighted by atomic mass is 10.1. The van der Waals surface area contributed by atoms with Crippen LogP contribution in [-0.4, -0.2) is 66.8 Å². The van der Waals surface area contributed by atoms with Gasteiger partial charge in [-0.15, -0.1) is 0 Å². The number of nitrogens with one attached hydrogen (secondary N) is 1. The molecule has 0 unspecified atom stereocenters. The number of hydrogen-bond acceptors (Lipinski definition) is 8. The second kappa shape index (κ2) is 10.3. The average molecular weight is 451 g/mol. The Kier molecular flexibility index (Phi) is 7.01. The summed E-state index contributed by atoms with van der Waals surface area (Å²) in [4.78, 5) is 30.8. The molecule has 1 amide bonds. The molecule has 4 rings (SSSR count). The van der Waals surface area contributed by atoms with E-state index in [9.17, 15) is 14.7 Å². The zero-order valence-electron chi connectivity index (χ0n) is 18.2. The molecule has 1 saturated heterocycles. The highest BCUT2D eigenvalue weighted by molar-refractivity contribution is 6.03. The second-order valence-electron chi connectivity index (χ2n) is 7.53. The van der Waals surface area contributed by atoms with E-state index < -0.39 is 11.9 Å². The standard InChI is InChI=1S/C24H25N3O6/c1-31-21(28)14-25-24(30)22-23(29)18-8-7-17(33-16-5-3-2-4-6-16)13-19(18)20(26-22)15-27-9-11-32-12-10-27/h2-8,13,29H,9-12,14-15H2,1H3,(H,25,30). The van der Waals surface area contributed by atoms with Crippen molar-refractivity contribution in [1.82, 2.24) is 15.2 Å². The van der Waals surface area contributed by atoms with Crippen LogP contribution in [-0.2, 0) is 20.8 Å². The van der Waals surface area contributed by atoms with Crippen molar-refractivity contribution in [3.05, 3.63) is 59.9 Å². The molecule has 2 aromatic carbocycles. The monoisotopic (exact) mass is 451 g/mol. The molecule has 9 nitrogen and oxygen atoms in total. The Labute approximate surface area is 190 Å². The Morgan fingerprint density at radius 1 is 1.09 bits per heavy atom. The number of pyridine rings is 1. The smallest absolute Gasteiger partial charge is 0.325 e. The summed E-state index contributed by atoms with van der Waals surface area (Å²) in [7, 11) is 1.23. The number of hydrogen-bond donors (Lipinski definition) is 2. The maximum Gasteiger partial charge on any atom is 0.325 e. The minimum absolute atomic E-state index is 0.147. The van der Waals surface area contributed by atoms with Gasteiger partial charge in [0, 0.05) is 30.4 Å². The predicted octanol–water partition coefficient (Wildman–Crippen LogP) is 2.47. The fourth-order valence-electron chi connectivity index (χ4n) is 3.59. The number of carbonyl (C=O) groups is 2. The van der Waals surface area contributed by atoms with E-state index in [0.717, 1.165) is 13.1 Å². The number of amides is 1. The van der Waals surface area contributed by atoms with E-state index in [0.29, 0.717) is 47.7 Å². The molecule has 172 valence electrons. The number of methoxy groups -OCH3 is 1. The van der Waals surface area contributed by atoms with Gasteiger partial charge in [-0.25, -0.2) is 4.98 Å². The Morgan fingerprint density at radius 3 is 2.58 bits per heavy atom. The van der Waals surface area contributed by atoms with Gasteiger partial charge in [0.25, 0.3) is 5.91 Å². The number of rotatable bonds is 7. The summed E-state index contributed by atoms with van der Waals surface area (Å²) in [6, 6.07) is 14.6. The summed E-state index contributed by atoms with van der Waals surface area (Å²) < 4.78 is 15.9. The highest BCUT2D eigenvalue weighted by Gasteiger charge is 2.22. The molecule has 33 heavy (non-hydrogen) atoms. The molecule has 0 radical (unpaired) electrons. The van der Waals surface area contributed by atoms with Gasteiger partial charge in [0.05, 0.1) is 26.0 Å². The first-order valence-electron chi connectivity index (χ1n) is 10.6. The van der Waals surface area contributed by atoms with Gasteiger partial charge in [0.15, 0.2) is 11.4 Å². The minimum Gasteiger partial charge on any atom is -0.505 e. The number of nitrogens with zero attached hydrogens (tertiary/aromatic N) is 2. The number of ether oxygens (including phenoxy) is 3. The number of para-hydroxylation sites is 1. The van der Waals surface area contributed by atoms with E-state index in [4.69, 9.17) is 9.47 Å². The highest BCUT2D eigenvalue weighted by atomic mass is 16.5. The van der Waals surface area contributed by atoms with Crippen molar-refractivity contribution in [2.45, 2.75) is 6.54 Å².